The molecule has 73 heavy (non-hydrogen) atoms. The van der Waals surface area contributed by atoms with E-state index in [0.29, 0.717) is 19.3 Å². The molecular formula is C67H120O6. The molecule has 0 aromatic heterocycles. The lowest BCUT2D eigenvalue weighted by atomic mass is 10.0. The Bertz CT molecular complexity index is 1310. The Labute approximate surface area is 453 Å². The number of ether oxygens (including phenoxy) is 3. The summed E-state index contributed by atoms with van der Waals surface area (Å²) in [6.07, 6.45) is 78.0. The van der Waals surface area contributed by atoms with Gasteiger partial charge in [0, 0.05) is 19.3 Å². The monoisotopic (exact) mass is 1020 g/mol. The second-order valence-electron chi connectivity index (χ2n) is 21.3. The molecule has 0 N–H and O–H groups in total. The first-order valence-electron chi connectivity index (χ1n) is 31.8. The van der Waals surface area contributed by atoms with Gasteiger partial charge in [-0.25, -0.2) is 0 Å². The fraction of sp³-hybridized carbons (Fsp3) is 0.806. The summed E-state index contributed by atoms with van der Waals surface area (Å²) in [4.78, 5) is 38.3. The van der Waals surface area contributed by atoms with E-state index in [9.17, 15) is 14.4 Å². The van der Waals surface area contributed by atoms with E-state index in [1.54, 1.807) is 0 Å². The van der Waals surface area contributed by atoms with Crippen molar-refractivity contribution in [2.24, 2.45) is 0 Å². The van der Waals surface area contributed by atoms with E-state index in [1.807, 2.05) is 0 Å². The van der Waals surface area contributed by atoms with E-state index in [0.717, 1.165) is 96.3 Å². The van der Waals surface area contributed by atoms with Gasteiger partial charge in [-0.3, -0.25) is 14.4 Å². The lowest BCUT2D eigenvalue weighted by molar-refractivity contribution is -0.167. The maximum absolute atomic E-state index is 12.9. The summed E-state index contributed by atoms with van der Waals surface area (Å²) in [6, 6.07) is 0. The third-order valence-corrected chi connectivity index (χ3v) is 14.0. The third-order valence-electron chi connectivity index (χ3n) is 14.0. The van der Waals surface area contributed by atoms with Crippen LogP contribution in [0.15, 0.2) is 60.8 Å². The first-order valence-corrected chi connectivity index (χ1v) is 31.8. The highest BCUT2D eigenvalue weighted by Crippen LogP contribution is 2.16. The Morgan fingerprint density at radius 3 is 0.808 bits per heavy atom. The molecule has 0 aliphatic rings. The van der Waals surface area contributed by atoms with Crippen molar-refractivity contribution in [3.05, 3.63) is 60.8 Å². The second kappa shape index (κ2) is 61.7. The Hall–Kier alpha value is -2.89. The number of hydrogen-bond donors (Lipinski definition) is 0. The fourth-order valence-electron chi connectivity index (χ4n) is 9.13. The summed E-state index contributed by atoms with van der Waals surface area (Å²) in [6.45, 7) is 6.60. The zero-order valence-corrected chi connectivity index (χ0v) is 48.7. The van der Waals surface area contributed by atoms with E-state index in [4.69, 9.17) is 14.2 Å². The summed E-state index contributed by atoms with van der Waals surface area (Å²) in [5.74, 6) is -0.889. The van der Waals surface area contributed by atoms with Gasteiger partial charge in [0.15, 0.2) is 6.10 Å². The van der Waals surface area contributed by atoms with Crippen molar-refractivity contribution in [2.75, 3.05) is 13.2 Å². The topological polar surface area (TPSA) is 78.9 Å². The first kappa shape index (κ1) is 70.1. The molecule has 0 fully saturated rings. The average Bonchev–Trinajstić information content (AvgIpc) is 3.39. The van der Waals surface area contributed by atoms with Crippen LogP contribution in [-0.4, -0.2) is 37.2 Å². The maximum Gasteiger partial charge on any atom is 0.306 e. The van der Waals surface area contributed by atoms with Crippen LogP contribution in [0, 0.1) is 0 Å². The van der Waals surface area contributed by atoms with Gasteiger partial charge in [0.1, 0.15) is 13.2 Å². The van der Waals surface area contributed by atoms with Gasteiger partial charge in [0.2, 0.25) is 0 Å². The van der Waals surface area contributed by atoms with Gasteiger partial charge >= 0.3 is 17.9 Å². The molecule has 0 rings (SSSR count). The standard InChI is InChI=1S/C67H120O6/c1-4-7-10-13-16-19-22-25-28-30-31-32-33-34-35-36-37-38-40-42-45-48-51-54-57-60-66(69)72-63-64(62-71-65(68)59-56-53-50-47-44-41-27-24-21-18-15-12-9-6-3)73-67(70)61-58-55-52-49-46-43-39-29-26-23-20-17-14-11-8-5-2/h15,18,22,24-25,27,29-31,39,64H,4-14,16-17,19-21,23,26,28,32-38,40-63H2,1-3H3/b18-15-,25-22-,27-24-,31-30-,39-29-. The van der Waals surface area contributed by atoms with Crippen LogP contribution in [0.2, 0.25) is 0 Å². The van der Waals surface area contributed by atoms with Crippen LogP contribution in [0.1, 0.15) is 329 Å². The summed E-state index contributed by atoms with van der Waals surface area (Å²) in [5, 5.41) is 0. The van der Waals surface area contributed by atoms with Crippen molar-refractivity contribution in [1.82, 2.24) is 0 Å². The summed E-state index contributed by atoms with van der Waals surface area (Å²) in [7, 11) is 0. The average molecular weight is 1020 g/mol. The van der Waals surface area contributed by atoms with Crippen LogP contribution < -0.4 is 0 Å². The number of unbranched alkanes of at least 4 members (excludes halogenated alkanes) is 37. The van der Waals surface area contributed by atoms with E-state index >= 15 is 0 Å². The van der Waals surface area contributed by atoms with Crippen molar-refractivity contribution >= 4 is 17.9 Å². The van der Waals surface area contributed by atoms with Gasteiger partial charge in [-0.15, -0.1) is 0 Å². The van der Waals surface area contributed by atoms with Crippen LogP contribution in [-0.2, 0) is 28.6 Å². The quantitative estimate of drug-likeness (QED) is 0.0261. The Balaban J connectivity index is 4.29. The minimum atomic E-state index is -0.785. The molecule has 6 heteroatoms. The lowest BCUT2D eigenvalue weighted by Crippen LogP contribution is -2.30. The lowest BCUT2D eigenvalue weighted by Gasteiger charge is -2.18. The summed E-state index contributed by atoms with van der Waals surface area (Å²) >= 11 is 0. The highest BCUT2D eigenvalue weighted by atomic mass is 16.6. The molecule has 6 nitrogen and oxygen atoms in total. The highest BCUT2D eigenvalue weighted by Gasteiger charge is 2.19. The van der Waals surface area contributed by atoms with Gasteiger partial charge < -0.3 is 14.2 Å². The molecule has 0 aromatic rings. The predicted octanol–water partition coefficient (Wildman–Crippen LogP) is 21.6. The molecule has 1 atom stereocenters. The molecule has 0 amide bonds. The van der Waals surface area contributed by atoms with Crippen molar-refractivity contribution in [1.29, 1.82) is 0 Å². The summed E-state index contributed by atoms with van der Waals surface area (Å²) in [5.41, 5.74) is 0. The molecule has 0 heterocycles. The number of rotatable bonds is 58. The van der Waals surface area contributed by atoms with Crippen molar-refractivity contribution < 1.29 is 28.6 Å². The molecule has 0 radical (unpaired) electrons. The van der Waals surface area contributed by atoms with Crippen LogP contribution >= 0.6 is 0 Å². The largest absolute Gasteiger partial charge is 0.462 e. The van der Waals surface area contributed by atoms with Crippen molar-refractivity contribution in [3.8, 4) is 0 Å². The molecular weight excluding hydrogens is 901 g/mol. The van der Waals surface area contributed by atoms with Crippen molar-refractivity contribution in [2.45, 2.75) is 335 Å². The van der Waals surface area contributed by atoms with Crippen LogP contribution in [0.25, 0.3) is 0 Å². The molecule has 0 aliphatic heterocycles. The van der Waals surface area contributed by atoms with Crippen LogP contribution in [0.5, 0.6) is 0 Å². The molecule has 0 aliphatic carbocycles. The van der Waals surface area contributed by atoms with Crippen LogP contribution in [0.3, 0.4) is 0 Å². The maximum atomic E-state index is 12.9. The smallest absolute Gasteiger partial charge is 0.306 e. The number of allylic oxidation sites excluding steroid dienone is 10. The number of hydrogen-bond acceptors (Lipinski definition) is 6. The molecule has 0 spiro atoms. The van der Waals surface area contributed by atoms with Gasteiger partial charge in [-0.2, -0.15) is 0 Å². The van der Waals surface area contributed by atoms with Crippen molar-refractivity contribution in [3.63, 3.8) is 0 Å². The number of esters is 3. The van der Waals surface area contributed by atoms with Gasteiger partial charge in [0.25, 0.3) is 0 Å². The third kappa shape index (κ3) is 59.9. The van der Waals surface area contributed by atoms with E-state index in [-0.39, 0.29) is 31.1 Å². The number of carbonyl (C=O) groups excluding carboxylic acids is 3. The molecule has 424 valence electrons. The van der Waals surface area contributed by atoms with E-state index in [2.05, 4.69) is 81.5 Å². The van der Waals surface area contributed by atoms with Gasteiger partial charge in [-0.1, -0.05) is 268 Å². The van der Waals surface area contributed by atoms with E-state index < -0.39 is 6.10 Å². The Morgan fingerprint density at radius 1 is 0.274 bits per heavy atom. The molecule has 0 saturated carbocycles. The zero-order chi connectivity index (χ0) is 52.9. The SMILES string of the molecule is CCCC/C=C\C/C=C\CCCCCCCC(=O)OCC(COC(=O)CCCCCCCCCCCCCCC/C=C\C/C=C\CCCCCCC)OC(=O)CCCCCCC/C=C\CCCCCCCCC. The minimum Gasteiger partial charge on any atom is -0.462 e. The second-order valence-corrected chi connectivity index (χ2v) is 21.3. The Morgan fingerprint density at radius 2 is 0.507 bits per heavy atom. The zero-order valence-electron chi connectivity index (χ0n) is 48.7. The van der Waals surface area contributed by atoms with Gasteiger partial charge in [0.05, 0.1) is 0 Å². The molecule has 0 aromatic carbocycles. The fourth-order valence-corrected chi connectivity index (χ4v) is 9.13. The van der Waals surface area contributed by atoms with Crippen LogP contribution in [0.4, 0.5) is 0 Å². The number of carbonyl (C=O) groups is 3. The normalized spacial score (nSPS) is 12.4. The predicted molar refractivity (Wildman–Crippen MR) is 316 cm³/mol. The summed E-state index contributed by atoms with van der Waals surface area (Å²) < 4.78 is 16.9. The highest BCUT2D eigenvalue weighted by molar-refractivity contribution is 5.71. The van der Waals surface area contributed by atoms with E-state index in [1.165, 1.54) is 193 Å². The first-order chi connectivity index (χ1) is 36.0. The Kier molecular flexibility index (Phi) is 59.2. The molecule has 0 bridgehead atoms. The molecule has 1 unspecified atom stereocenters. The van der Waals surface area contributed by atoms with Gasteiger partial charge in [-0.05, 0) is 103 Å². The molecule has 0 saturated heterocycles. The minimum absolute atomic E-state index is 0.0806.